The van der Waals surface area contributed by atoms with Crippen LogP contribution in [0.15, 0.2) is 46.5 Å². The number of halogens is 2. The van der Waals surface area contributed by atoms with Gasteiger partial charge in [0.1, 0.15) is 11.6 Å². The van der Waals surface area contributed by atoms with Crippen LogP contribution in [0.4, 0.5) is 8.78 Å². The first-order chi connectivity index (χ1) is 15.1. The number of hydrogen-bond acceptors (Lipinski definition) is 3. The van der Waals surface area contributed by atoms with E-state index in [1.54, 1.807) is 6.34 Å². The minimum absolute atomic E-state index is 0.111. The van der Waals surface area contributed by atoms with Gasteiger partial charge in [-0.1, -0.05) is 38.7 Å². The highest BCUT2D eigenvalue weighted by Crippen LogP contribution is 2.21. The molecule has 0 saturated carbocycles. The second kappa shape index (κ2) is 14.7. The van der Waals surface area contributed by atoms with Crippen LogP contribution in [-0.4, -0.2) is 25.6 Å². The Morgan fingerprint density at radius 2 is 1.94 bits per heavy atom. The number of allylic oxidation sites excluding steroid dienone is 2. The fraction of sp³-hybridized carbons (Fsp3) is 0.538. The maximum Gasteiger partial charge on any atom is 0.129 e. The summed E-state index contributed by atoms with van der Waals surface area (Å²) in [6.45, 7) is 7.49. The molecule has 0 aliphatic carbocycles. The zero-order chi connectivity index (χ0) is 22.3. The third-order valence-electron chi connectivity index (χ3n) is 5.69. The van der Waals surface area contributed by atoms with Gasteiger partial charge in [0.2, 0.25) is 0 Å². The average molecular weight is 430 g/mol. The summed E-state index contributed by atoms with van der Waals surface area (Å²) in [5.74, 6) is -0.294. The third-order valence-corrected chi connectivity index (χ3v) is 5.69. The Balaban J connectivity index is 1.75. The van der Waals surface area contributed by atoms with E-state index in [-0.39, 0.29) is 12.0 Å². The molecule has 0 aromatic heterocycles. The Labute approximate surface area is 186 Å². The molecule has 1 aliphatic rings. The van der Waals surface area contributed by atoms with Gasteiger partial charge in [-0.3, -0.25) is 4.99 Å². The fourth-order valence-corrected chi connectivity index (χ4v) is 3.94. The number of nitrogens with one attached hydrogen (secondary N) is 1. The van der Waals surface area contributed by atoms with E-state index < -0.39 is 11.6 Å². The molecule has 1 unspecified atom stereocenters. The van der Waals surface area contributed by atoms with E-state index in [2.05, 4.69) is 28.8 Å². The van der Waals surface area contributed by atoms with Gasteiger partial charge in [0.25, 0.3) is 0 Å². The molecular weight excluding hydrogens is 392 g/mol. The summed E-state index contributed by atoms with van der Waals surface area (Å²) in [4.78, 5) is 8.94. The molecule has 2 rings (SSSR count). The van der Waals surface area contributed by atoms with Crippen molar-refractivity contribution in [3.8, 4) is 0 Å². The Hall–Kier alpha value is -2.30. The predicted octanol–water partition coefficient (Wildman–Crippen LogP) is 6.58. The molecule has 1 heterocycles. The van der Waals surface area contributed by atoms with E-state index in [0.29, 0.717) is 12.3 Å². The molecule has 170 valence electrons. The van der Waals surface area contributed by atoms with E-state index in [0.717, 1.165) is 70.0 Å². The van der Waals surface area contributed by atoms with Gasteiger partial charge < -0.3 is 5.32 Å². The van der Waals surface area contributed by atoms with Crippen molar-refractivity contribution in [1.82, 2.24) is 5.32 Å². The quantitative estimate of drug-likeness (QED) is 0.331. The Kier molecular flexibility index (Phi) is 11.8. The number of aryl methyl sites for hydroxylation is 1. The maximum atomic E-state index is 14.1. The molecule has 1 N–H and O–H groups in total. The van der Waals surface area contributed by atoms with Crippen LogP contribution in [-0.2, 0) is 12.8 Å². The summed E-state index contributed by atoms with van der Waals surface area (Å²) < 4.78 is 28.1. The van der Waals surface area contributed by atoms with Crippen LogP contribution in [0.1, 0.15) is 69.4 Å². The molecule has 1 aromatic carbocycles. The predicted molar refractivity (Wildman–Crippen MR) is 128 cm³/mol. The minimum atomic E-state index is -0.461. The van der Waals surface area contributed by atoms with Crippen LogP contribution in [0.5, 0.6) is 0 Å². The van der Waals surface area contributed by atoms with Gasteiger partial charge in [-0.25, -0.2) is 13.8 Å². The highest BCUT2D eigenvalue weighted by atomic mass is 19.1. The summed E-state index contributed by atoms with van der Waals surface area (Å²) >= 11 is 0. The lowest BCUT2D eigenvalue weighted by Crippen LogP contribution is -2.17. The van der Waals surface area contributed by atoms with E-state index in [1.807, 2.05) is 12.4 Å². The zero-order valence-corrected chi connectivity index (χ0v) is 18.9. The van der Waals surface area contributed by atoms with Gasteiger partial charge in [0.15, 0.2) is 0 Å². The van der Waals surface area contributed by atoms with Crippen molar-refractivity contribution >= 4 is 12.6 Å². The van der Waals surface area contributed by atoms with Gasteiger partial charge in [-0.05, 0) is 67.7 Å². The molecule has 0 saturated heterocycles. The van der Waals surface area contributed by atoms with Crippen LogP contribution in [0.25, 0.3) is 0 Å². The minimum Gasteiger partial charge on any atom is -0.376 e. The first kappa shape index (κ1) is 25.0. The second-order valence-electron chi connectivity index (χ2n) is 8.30. The molecule has 0 radical (unpaired) electrons. The molecule has 1 aromatic rings. The van der Waals surface area contributed by atoms with Crippen molar-refractivity contribution in [2.75, 3.05) is 13.1 Å². The van der Waals surface area contributed by atoms with E-state index in [4.69, 9.17) is 0 Å². The lowest BCUT2D eigenvalue weighted by atomic mass is 9.93. The van der Waals surface area contributed by atoms with Gasteiger partial charge in [-0.2, -0.15) is 0 Å². The van der Waals surface area contributed by atoms with Crippen molar-refractivity contribution < 1.29 is 8.78 Å². The van der Waals surface area contributed by atoms with Crippen molar-refractivity contribution in [2.45, 2.75) is 71.1 Å². The van der Waals surface area contributed by atoms with Crippen molar-refractivity contribution in [3.05, 3.63) is 59.3 Å². The first-order valence-corrected chi connectivity index (χ1v) is 11.7. The van der Waals surface area contributed by atoms with Crippen molar-refractivity contribution in [2.24, 2.45) is 15.9 Å². The fourth-order valence-electron chi connectivity index (χ4n) is 3.94. The Bertz CT molecular complexity index is 745. The lowest BCUT2D eigenvalue weighted by Gasteiger charge is -2.16. The monoisotopic (exact) mass is 429 g/mol. The number of aliphatic imine (C=N–C) groups is 2. The third kappa shape index (κ3) is 9.58. The highest BCUT2D eigenvalue weighted by molar-refractivity contribution is 5.78. The SMILES string of the molecule is C=CCc1c(F)cc(CCCCCC2CC\N=C/C(CCC)=C\N=C\NCC2)cc1F. The molecule has 0 fully saturated rings. The summed E-state index contributed by atoms with van der Waals surface area (Å²) in [6, 6.07) is 2.95. The molecule has 1 aliphatic heterocycles. The molecule has 31 heavy (non-hydrogen) atoms. The van der Waals surface area contributed by atoms with E-state index in [9.17, 15) is 8.78 Å². The number of benzene rings is 1. The topological polar surface area (TPSA) is 36.8 Å². The summed E-state index contributed by atoms with van der Waals surface area (Å²) in [6.07, 6.45) is 16.7. The van der Waals surface area contributed by atoms with E-state index in [1.165, 1.54) is 23.8 Å². The standard InChI is InChI=1S/C26H37F2N3/c1-3-8-23-18-29-14-12-21(13-15-30-20-31-19-23)10-6-5-7-11-22-16-25(27)24(9-4-2)26(28)17-22/h4,16-21H,2-3,5-15H2,1H3,(H,30,31)/b23-19-,29-18-. The largest absolute Gasteiger partial charge is 0.376 e. The maximum absolute atomic E-state index is 14.1. The second-order valence-corrected chi connectivity index (χ2v) is 8.30. The van der Waals surface area contributed by atoms with Gasteiger partial charge in [-0.15, -0.1) is 6.58 Å². The highest BCUT2D eigenvalue weighted by Gasteiger charge is 2.11. The smallest absolute Gasteiger partial charge is 0.129 e. The lowest BCUT2D eigenvalue weighted by molar-refractivity contribution is 0.405. The number of unbranched alkanes of at least 4 members (excludes halogenated alkanes) is 2. The van der Waals surface area contributed by atoms with Crippen molar-refractivity contribution in [1.29, 1.82) is 0 Å². The zero-order valence-electron chi connectivity index (χ0n) is 18.9. The molecule has 0 amide bonds. The van der Waals surface area contributed by atoms with Crippen LogP contribution < -0.4 is 5.32 Å². The molecular formula is C26H37F2N3. The van der Waals surface area contributed by atoms with Crippen LogP contribution >= 0.6 is 0 Å². The van der Waals surface area contributed by atoms with Crippen LogP contribution in [0.2, 0.25) is 0 Å². The molecule has 0 spiro atoms. The first-order valence-electron chi connectivity index (χ1n) is 11.7. The van der Waals surface area contributed by atoms with Gasteiger partial charge in [0, 0.05) is 31.1 Å². The number of nitrogens with zero attached hydrogens (tertiary/aromatic N) is 2. The Morgan fingerprint density at radius 3 is 2.68 bits per heavy atom. The molecule has 3 nitrogen and oxygen atoms in total. The summed E-state index contributed by atoms with van der Waals surface area (Å²) in [7, 11) is 0. The van der Waals surface area contributed by atoms with Crippen LogP contribution in [0.3, 0.4) is 0 Å². The molecule has 5 heteroatoms. The normalized spacial score (nSPS) is 21.1. The average Bonchev–Trinajstić information content (AvgIpc) is 2.73. The van der Waals surface area contributed by atoms with E-state index >= 15 is 0 Å². The molecule has 0 bridgehead atoms. The Morgan fingerprint density at radius 1 is 1.13 bits per heavy atom. The van der Waals surface area contributed by atoms with Crippen molar-refractivity contribution in [3.63, 3.8) is 0 Å². The number of hydrogen-bond donors (Lipinski definition) is 1. The van der Waals surface area contributed by atoms with Gasteiger partial charge >= 0.3 is 0 Å². The van der Waals surface area contributed by atoms with Crippen LogP contribution in [0, 0.1) is 17.6 Å². The number of rotatable bonds is 10. The van der Waals surface area contributed by atoms with Gasteiger partial charge in [0.05, 0.1) is 6.34 Å². The summed E-state index contributed by atoms with van der Waals surface area (Å²) in [5.41, 5.74) is 2.02. The summed E-state index contributed by atoms with van der Waals surface area (Å²) in [5, 5.41) is 3.29. The molecule has 1 atom stereocenters.